The first-order chi connectivity index (χ1) is 13.5. The molecule has 0 fully saturated rings. The number of hydrogen-bond donors (Lipinski definition) is 3. The van der Waals surface area contributed by atoms with Gasteiger partial charge in [0.1, 0.15) is 29.7 Å². The number of aromatic hydroxyl groups is 1. The molecule has 1 heterocycles. The largest absolute Gasteiger partial charge is 0.506 e. The fraction of sp³-hybridized carbons (Fsp3) is 0.200. The first-order valence-electron chi connectivity index (χ1n) is 8.77. The van der Waals surface area contributed by atoms with Crippen LogP contribution < -0.4 is 15.1 Å². The first kappa shape index (κ1) is 19.1. The maximum absolute atomic E-state index is 11.9. The van der Waals surface area contributed by atoms with Gasteiger partial charge < -0.3 is 20.3 Å². The molecule has 1 aliphatic rings. The fourth-order valence-corrected chi connectivity index (χ4v) is 2.96. The number of nitrogens with one attached hydrogen (secondary N) is 1. The van der Waals surface area contributed by atoms with Crippen LogP contribution in [0.1, 0.15) is 6.92 Å². The number of phenolic OH excluding ortho intramolecular Hbond substituents is 1. The number of amidine groups is 1. The Hall–Kier alpha value is -3.68. The van der Waals surface area contributed by atoms with E-state index in [9.17, 15) is 15.0 Å². The monoisotopic (exact) mass is 382 g/mol. The number of hydrazine groups is 1. The highest BCUT2D eigenvalue weighted by atomic mass is 16.5. The molecule has 1 aliphatic heterocycles. The Morgan fingerprint density at radius 3 is 2.64 bits per heavy atom. The third-order valence-corrected chi connectivity index (χ3v) is 4.27. The lowest BCUT2D eigenvalue weighted by Gasteiger charge is -2.38. The summed E-state index contributed by atoms with van der Waals surface area (Å²) in [4.78, 5) is 16.4. The van der Waals surface area contributed by atoms with E-state index in [0.717, 1.165) is 0 Å². The highest BCUT2D eigenvalue weighted by Gasteiger charge is 2.27. The molecule has 0 unspecified atom stereocenters. The quantitative estimate of drug-likeness (QED) is 0.707. The summed E-state index contributed by atoms with van der Waals surface area (Å²) in [5.74, 6) is 0.00731. The van der Waals surface area contributed by atoms with Crippen LogP contribution >= 0.6 is 0 Å². The standard InChI is InChI=1S/C20H22N4O4/c1-3-23(15-9-5-6-10-17(15)25)24-13-21-19(12-16(24)20(26)27)22-14-8-4-7-11-18(14)28-2/h4-12,25H,3,13H2,1-2H3,(H,21,22)(H,26,27). The zero-order valence-electron chi connectivity index (χ0n) is 15.7. The molecule has 0 amide bonds. The van der Waals surface area contributed by atoms with Crippen molar-refractivity contribution in [1.82, 2.24) is 5.01 Å². The molecular formula is C20H22N4O4. The minimum Gasteiger partial charge on any atom is -0.506 e. The third kappa shape index (κ3) is 3.85. The molecule has 0 saturated carbocycles. The molecular weight excluding hydrogens is 360 g/mol. The molecule has 28 heavy (non-hydrogen) atoms. The molecule has 0 bridgehead atoms. The molecule has 0 aromatic heterocycles. The van der Waals surface area contributed by atoms with E-state index in [4.69, 9.17) is 4.74 Å². The van der Waals surface area contributed by atoms with Crippen LogP contribution in [0.4, 0.5) is 11.4 Å². The molecule has 0 aliphatic carbocycles. The number of ether oxygens (including phenoxy) is 1. The van der Waals surface area contributed by atoms with Gasteiger partial charge in [0.15, 0.2) is 0 Å². The van der Waals surface area contributed by atoms with E-state index in [1.54, 1.807) is 42.5 Å². The van der Waals surface area contributed by atoms with Crippen LogP contribution in [-0.4, -0.2) is 47.4 Å². The number of aliphatic imine (C=N–C) groups is 1. The zero-order valence-corrected chi connectivity index (χ0v) is 15.7. The number of rotatable bonds is 6. The number of methoxy groups -OCH3 is 1. The van der Waals surface area contributed by atoms with Crippen molar-refractivity contribution >= 4 is 23.2 Å². The summed E-state index contributed by atoms with van der Waals surface area (Å²) in [7, 11) is 1.56. The second-order valence-electron chi connectivity index (χ2n) is 5.95. The minimum absolute atomic E-state index is 0.0394. The Bertz CT molecular complexity index is 926. The molecule has 0 atom stereocenters. The number of aliphatic carboxylic acids is 1. The molecule has 0 spiro atoms. The number of hydrogen-bond acceptors (Lipinski definition) is 7. The molecule has 3 N–H and O–H groups in total. The number of para-hydroxylation sites is 4. The number of phenols is 1. The van der Waals surface area contributed by atoms with Crippen molar-refractivity contribution in [3.8, 4) is 11.5 Å². The van der Waals surface area contributed by atoms with Crippen molar-refractivity contribution in [2.24, 2.45) is 4.99 Å². The molecule has 0 radical (unpaired) electrons. The van der Waals surface area contributed by atoms with Crippen molar-refractivity contribution in [3.63, 3.8) is 0 Å². The lowest BCUT2D eigenvalue weighted by atomic mass is 10.2. The second-order valence-corrected chi connectivity index (χ2v) is 5.95. The molecule has 8 heteroatoms. The molecule has 3 rings (SSSR count). The molecule has 8 nitrogen and oxygen atoms in total. The predicted molar refractivity (Wildman–Crippen MR) is 108 cm³/mol. The van der Waals surface area contributed by atoms with Crippen molar-refractivity contribution < 1.29 is 19.7 Å². The number of benzene rings is 2. The summed E-state index contributed by atoms with van der Waals surface area (Å²) in [6, 6.07) is 14.1. The van der Waals surface area contributed by atoms with E-state index < -0.39 is 5.97 Å². The highest BCUT2D eigenvalue weighted by molar-refractivity contribution is 6.09. The van der Waals surface area contributed by atoms with Gasteiger partial charge in [0, 0.05) is 12.6 Å². The van der Waals surface area contributed by atoms with E-state index in [0.29, 0.717) is 29.5 Å². The molecule has 146 valence electrons. The van der Waals surface area contributed by atoms with Crippen molar-refractivity contribution in [2.75, 3.05) is 30.6 Å². The van der Waals surface area contributed by atoms with Crippen molar-refractivity contribution in [3.05, 3.63) is 60.3 Å². The number of anilines is 2. The average molecular weight is 382 g/mol. The van der Waals surface area contributed by atoms with Crippen LogP contribution in [0.3, 0.4) is 0 Å². The Balaban J connectivity index is 1.90. The summed E-state index contributed by atoms with van der Waals surface area (Å²) in [5.41, 5.74) is 1.23. The second kappa shape index (κ2) is 8.34. The lowest BCUT2D eigenvalue weighted by molar-refractivity contribution is -0.134. The first-order valence-corrected chi connectivity index (χ1v) is 8.77. The van der Waals surface area contributed by atoms with E-state index in [1.807, 2.05) is 25.1 Å². The van der Waals surface area contributed by atoms with Gasteiger partial charge in [-0.05, 0) is 31.2 Å². The Morgan fingerprint density at radius 1 is 1.25 bits per heavy atom. The number of carboxylic acid groups (broad SMARTS) is 1. The maximum Gasteiger partial charge on any atom is 0.354 e. The van der Waals surface area contributed by atoms with Gasteiger partial charge in [0.05, 0.1) is 18.5 Å². The van der Waals surface area contributed by atoms with E-state index >= 15 is 0 Å². The minimum atomic E-state index is -1.09. The van der Waals surface area contributed by atoms with Crippen molar-refractivity contribution in [1.29, 1.82) is 0 Å². The predicted octanol–water partition coefficient (Wildman–Crippen LogP) is 2.89. The normalized spacial score (nSPS) is 13.4. The van der Waals surface area contributed by atoms with Gasteiger partial charge >= 0.3 is 5.97 Å². The van der Waals surface area contributed by atoms with E-state index in [-0.39, 0.29) is 18.1 Å². The Kier molecular flexibility index (Phi) is 5.69. The molecule has 0 saturated heterocycles. The third-order valence-electron chi connectivity index (χ3n) is 4.27. The van der Waals surface area contributed by atoms with Crippen LogP contribution in [0, 0.1) is 0 Å². The maximum atomic E-state index is 11.9. The Labute approximate surface area is 163 Å². The topological polar surface area (TPSA) is 97.6 Å². The molecule has 2 aromatic rings. The van der Waals surface area contributed by atoms with Gasteiger partial charge in [-0.1, -0.05) is 24.3 Å². The van der Waals surface area contributed by atoms with Crippen LogP contribution in [-0.2, 0) is 4.79 Å². The number of carboxylic acids is 1. The number of carbonyl (C=O) groups is 1. The smallest absolute Gasteiger partial charge is 0.354 e. The summed E-state index contributed by atoms with van der Waals surface area (Å²) >= 11 is 0. The summed E-state index contributed by atoms with van der Waals surface area (Å²) in [6.45, 7) is 2.41. The van der Waals surface area contributed by atoms with E-state index in [2.05, 4.69) is 10.3 Å². The van der Waals surface area contributed by atoms with Gasteiger partial charge in [0.25, 0.3) is 0 Å². The summed E-state index contributed by atoms with van der Waals surface area (Å²) < 4.78 is 5.31. The fourth-order valence-electron chi connectivity index (χ4n) is 2.96. The average Bonchev–Trinajstić information content (AvgIpc) is 2.71. The van der Waals surface area contributed by atoms with Crippen LogP contribution in [0.25, 0.3) is 0 Å². The Morgan fingerprint density at radius 2 is 1.96 bits per heavy atom. The van der Waals surface area contributed by atoms with Crippen LogP contribution in [0.15, 0.2) is 65.3 Å². The van der Waals surface area contributed by atoms with E-state index in [1.165, 1.54) is 11.1 Å². The molecule has 2 aromatic carbocycles. The van der Waals surface area contributed by atoms with Crippen molar-refractivity contribution in [2.45, 2.75) is 6.92 Å². The SMILES string of the molecule is CCN(c1ccccc1O)N1CN=C(Nc2ccccc2OC)C=C1C(=O)O. The van der Waals surface area contributed by atoms with Crippen LogP contribution in [0.5, 0.6) is 11.5 Å². The van der Waals surface area contributed by atoms with Gasteiger partial charge in [-0.3, -0.25) is 10.0 Å². The lowest BCUT2D eigenvalue weighted by Crippen LogP contribution is -2.46. The number of nitrogens with zero attached hydrogens (tertiary/aromatic N) is 3. The van der Waals surface area contributed by atoms with Gasteiger partial charge in [-0.25, -0.2) is 9.79 Å². The highest BCUT2D eigenvalue weighted by Crippen LogP contribution is 2.30. The van der Waals surface area contributed by atoms with Gasteiger partial charge in [0.2, 0.25) is 0 Å². The van der Waals surface area contributed by atoms with Gasteiger partial charge in [-0.2, -0.15) is 0 Å². The van der Waals surface area contributed by atoms with Gasteiger partial charge in [-0.15, -0.1) is 0 Å². The van der Waals surface area contributed by atoms with Crippen LogP contribution in [0.2, 0.25) is 0 Å². The zero-order chi connectivity index (χ0) is 20.1. The summed E-state index contributed by atoms with van der Waals surface area (Å²) in [6.07, 6.45) is 1.46. The summed E-state index contributed by atoms with van der Waals surface area (Å²) in [5, 5.41) is 26.2.